The van der Waals surface area contributed by atoms with E-state index in [1.807, 2.05) is 48.6 Å². The van der Waals surface area contributed by atoms with Gasteiger partial charge in [-0.3, -0.25) is 4.55 Å². The number of fused-ring (bicyclic) bond motifs is 8. The summed E-state index contributed by atoms with van der Waals surface area (Å²) in [7, 11) is -4.03. The lowest BCUT2D eigenvalue weighted by Crippen LogP contribution is -1.99. The van der Waals surface area contributed by atoms with E-state index in [1.54, 1.807) is 25.1 Å². The highest BCUT2D eigenvalue weighted by atomic mass is 32.2. The van der Waals surface area contributed by atoms with Crippen LogP contribution in [0.2, 0.25) is 0 Å². The minimum atomic E-state index is -4.03. The van der Waals surface area contributed by atoms with Crippen molar-refractivity contribution in [2.24, 2.45) is 0 Å². The van der Waals surface area contributed by atoms with Crippen molar-refractivity contribution < 1.29 is 13.0 Å². The molecule has 3 aromatic heterocycles. The van der Waals surface area contributed by atoms with Crippen molar-refractivity contribution in [3.8, 4) is 0 Å². The van der Waals surface area contributed by atoms with Crippen LogP contribution in [-0.4, -0.2) is 32.9 Å². The van der Waals surface area contributed by atoms with Crippen molar-refractivity contribution in [1.29, 1.82) is 0 Å². The van der Waals surface area contributed by atoms with Crippen LogP contribution in [0.5, 0.6) is 0 Å². The standard InChI is InChI=1S/C20H14N4.C7H8O3S/c1-2-14-10-16-5-6-18(23-16)12-20-8-7-19(24-20)11-17-4-3-15(22-17)9-13(1)21-14;1-6-4-2-3-5-7(6)11(8,9)10/h1-12,21,24H;2-5H,1H3,(H,8,9,10). The van der Waals surface area contributed by atoms with Gasteiger partial charge in [0.2, 0.25) is 0 Å². The van der Waals surface area contributed by atoms with E-state index >= 15 is 0 Å². The Morgan fingerprint density at radius 3 is 1.31 bits per heavy atom. The summed E-state index contributed by atoms with van der Waals surface area (Å²) in [5.41, 5.74) is 8.41. The molecule has 0 saturated heterocycles. The van der Waals surface area contributed by atoms with Gasteiger partial charge in [0.25, 0.3) is 10.1 Å². The van der Waals surface area contributed by atoms with Gasteiger partial charge in [0.15, 0.2) is 0 Å². The van der Waals surface area contributed by atoms with Crippen molar-refractivity contribution in [2.75, 3.05) is 0 Å². The monoisotopic (exact) mass is 482 g/mol. The van der Waals surface area contributed by atoms with Gasteiger partial charge in [-0.05, 0) is 91.4 Å². The van der Waals surface area contributed by atoms with Gasteiger partial charge in [-0.25, -0.2) is 9.97 Å². The maximum absolute atomic E-state index is 10.6. The third-order valence-corrected chi connectivity index (χ3v) is 6.43. The van der Waals surface area contributed by atoms with Crippen LogP contribution in [0.1, 0.15) is 28.3 Å². The highest BCUT2D eigenvalue weighted by Gasteiger charge is 2.10. The molecule has 1 aromatic carbocycles. The molecular formula is C27H22N4O3S. The molecule has 5 heterocycles. The normalized spacial score (nSPS) is 12.3. The van der Waals surface area contributed by atoms with E-state index in [2.05, 4.69) is 44.2 Å². The number of rotatable bonds is 1. The zero-order chi connectivity index (χ0) is 24.4. The van der Waals surface area contributed by atoms with Crippen molar-refractivity contribution in [2.45, 2.75) is 11.8 Å². The van der Waals surface area contributed by atoms with Gasteiger partial charge in [0.05, 0.1) is 27.7 Å². The van der Waals surface area contributed by atoms with Crippen LogP contribution in [-0.2, 0) is 10.1 Å². The lowest BCUT2D eigenvalue weighted by Gasteiger charge is -1.99. The second-order valence-corrected chi connectivity index (χ2v) is 9.54. The maximum Gasteiger partial charge on any atom is 0.294 e. The molecule has 3 N–H and O–H groups in total. The van der Waals surface area contributed by atoms with Gasteiger partial charge in [-0.1, -0.05) is 18.2 Å². The van der Waals surface area contributed by atoms with Crippen molar-refractivity contribution in [3.63, 3.8) is 0 Å². The zero-order valence-corrected chi connectivity index (χ0v) is 19.6. The summed E-state index contributed by atoms with van der Waals surface area (Å²) in [6, 6.07) is 22.6. The predicted molar refractivity (Wildman–Crippen MR) is 140 cm³/mol. The lowest BCUT2D eigenvalue weighted by molar-refractivity contribution is 0.482. The quantitative estimate of drug-likeness (QED) is 0.253. The Bertz CT molecular complexity index is 1570. The molecule has 0 atom stereocenters. The zero-order valence-electron chi connectivity index (χ0n) is 18.8. The van der Waals surface area contributed by atoms with Gasteiger partial charge in [-0.15, -0.1) is 0 Å². The molecule has 35 heavy (non-hydrogen) atoms. The average Bonchev–Trinajstić information content (AvgIpc) is 3.60. The van der Waals surface area contributed by atoms with Crippen LogP contribution in [0.3, 0.4) is 0 Å². The summed E-state index contributed by atoms with van der Waals surface area (Å²) < 4.78 is 29.9. The summed E-state index contributed by atoms with van der Waals surface area (Å²) in [5.74, 6) is 0. The first-order valence-corrected chi connectivity index (χ1v) is 12.3. The maximum atomic E-state index is 10.6. The van der Waals surface area contributed by atoms with Gasteiger partial charge in [0.1, 0.15) is 0 Å². The number of aromatic amines is 2. The minimum absolute atomic E-state index is 0.0278. The fraction of sp³-hybridized carbons (Fsp3) is 0.0370. The summed E-state index contributed by atoms with van der Waals surface area (Å²) in [6.45, 7) is 1.63. The summed E-state index contributed by atoms with van der Waals surface area (Å²) in [5, 5.41) is 0. The molecule has 4 aromatic rings. The van der Waals surface area contributed by atoms with E-state index in [0.29, 0.717) is 5.56 Å². The third kappa shape index (κ3) is 5.46. The van der Waals surface area contributed by atoms with Gasteiger partial charge in [0, 0.05) is 22.1 Å². The molecule has 0 unspecified atom stereocenters. The number of hydrogen-bond acceptors (Lipinski definition) is 4. The van der Waals surface area contributed by atoms with Crippen LogP contribution in [0, 0.1) is 6.92 Å². The Hall–Kier alpha value is -4.27. The van der Waals surface area contributed by atoms with Crippen LogP contribution in [0.15, 0.2) is 77.7 Å². The van der Waals surface area contributed by atoms with Gasteiger partial charge >= 0.3 is 0 Å². The van der Waals surface area contributed by atoms with E-state index in [-0.39, 0.29) is 4.90 Å². The number of benzene rings is 1. The Morgan fingerprint density at radius 2 is 1.00 bits per heavy atom. The second kappa shape index (κ2) is 9.17. The summed E-state index contributed by atoms with van der Waals surface area (Å²) in [6.07, 6.45) is 8.09. The molecule has 0 saturated carbocycles. The molecule has 6 rings (SSSR count). The first-order chi connectivity index (χ1) is 16.8. The number of H-pyrrole nitrogens is 2. The summed E-state index contributed by atoms with van der Waals surface area (Å²) >= 11 is 0. The number of aromatic nitrogens is 4. The van der Waals surface area contributed by atoms with Gasteiger partial charge < -0.3 is 9.97 Å². The van der Waals surface area contributed by atoms with Crippen molar-refractivity contribution >= 4 is 56.5 Å². The van der Waals surface area contributed by atoms with E-state index in [0.717, 1.165) is 44.8 Å². The Kier molecular flexibility index (Phi) is 5.90. The van der Waals surface area contributed by atoms with Gasteiger partial charge in [-0.2, -0.15) is 8.42 Å². The number of aryl methyl sites for hydroxylation is 1. The molecule has 0 spiro atoms. The average molecular weight is 483 g/mol. The number of nitrogens with zero attached hydrogens (tertiary/aromatic N) is 2. The predicted octanol–water partition coefficient (Wildman–Crippen LogP) is 5.90. The smallest absolute Gasteiger partial charge is 0.294 e. The van der Waals surface area contributed by atoms with Crippen molar-refractivity contribution in [3.05, 3.63) is 101 Å². The number of hydrogen-bond donors (Lipinski definition) is 3. The molecule has 8 heteroatoms. The van der Waals surface area contributed by atoms with E-state index in [9.17, 15) is 8.42 Å². The fourth-order valence-electron chi connectivity index (χ4n) is 3.79. The van der Waals surface area contributed by atoms with Crippen LogP contribution < -0.4 is 0 Å². The highest BCUT2D eigenvalue weighted by molar-refractivity contribution is 7.85. The SMILES string of the molecule is C1=Cc2cc3ccc(cc4nc(cc5ccc(cc1n2)[nH]5)C=C4)[nH]3.Cc1ccccc1S(=O)(=O)O. The first-order valence-electron chi connectivity index (χ1n) is 10.9. The molecule has 0 fully saturated rings. The molecule has 2 aliphatic heterocycles. The fourth-order valence-corrected chi connectivity index (χ4v) is 4.51. The molecule has 174 valence electrons. The second-order valence-electron chi connectivity index (χ2n) is 8.15. The van der Waals surface area contributed by atoms with E-state index in [1.165, 1.54) is 6.07 Å². The lowest BCUT2D eigenvalue weighted by atomic mass is 10.2. The molecule has 0 amide bonds. The Labute approximate surface area is 202 Å². The van der Waals surface area contributed by atoms with Crippen LogP contribution in [0.4, 0.5) is 0 Å². The molecular weight excluding hydrogens is 460 g/mol. The molecule has 2 aliphatic rings. The van der Waals surface area contributed by atoms with Crippen molar-refractivity contribution in [1.82, 2.24) is 19.9 Å². The van der Waals surface area contributed by atoms with Crippen LogP contribution in [0.25, 0.3) is 46.4 Å². The molecule has 0 radical (unpaired) electrons. The Morgan fingerprint density at radius 1 is 0.629 bits per heavy atom. The van der Waals surface area contributed by atoms with Crippen LogP contribution >= 0.6 is 0 Å². The van der Waals surface area contributed by atoms with E-state index < -0.39 is 10.1 Å². The molecule has 7 nitrogen and oxygen atoms in total. The molecule has 0 aliphatic carbocycles. The summed E-state index contributed by atoms with van der Waals surface area (Å²) in [4.78, 5) is 16.0. The molecule has 8 bridgehead atoms. The first kappa shape index (κ1) is 22.5. The minimum Gasteiger partial charge on any atom is -0.355 e. The Balaban J connectivity index is 0.000000195. The number of nitrogens with one attached hydrogen (secondary N) is 2. The highest BCUT2D eigenvalue weighted by Crippen LogP contribution is 2.17. The topological polar surface area (TPSA) is 112 Å². The third-order valence-electron chi connectivity index (χ3n) is 5.41. The van der Waals surface area contributed by atoms with E-state index in [4.69, 9.17) is 4.55 Å². The largest absolute Gasteiger partial charge is 0.355 e.